The van der Waals surface area contributed by atoms with Gasteiger partial charge in [0.1, 0.15) is 17.1 Å². The highest BCUT2D eigenvalue weighted by Gasteiger charge is 2.16. The summed E-state index contributed by atoms with van der Waals surface area (Å²) >= 11 is 0. The molecule has 0 aliphatic rings. The van der Waals surface area contributed by atoms with Gasteiger partial charge in [0.15, 0.2) is 18.1 Å². The Kier molecular flexibility index (Phi) is 6.48. The van der Waals surface area contributed by atoms with Gasteiger partial charge in [-0.2, -0.15) is 0 Å². The van der Waals surface area contributed by atoms with Gasteiger partial charge in [-0.25, -0.2) is 4.79 Å². The third kappa shape index (κ3) is 4.47. The molecule has 2 aromatic rings. The smallest absolute Gasteiger partial charge is 0.342 e. The minimum absolute atomic E-state index is 0.171. The van der Waals surface area contributed by atoms with Crippen molar-refractivity contribution >= 4 is 11.9 Å². The predicted octanol–water partition coefficient (Wildman–Crippen LogP) is 2.09. The van der Waals surface area contributed by atoms with Crippen molar-refractivity contribution in [2.45, 2.75) is 13.5 Å². The van der Waals surface area contributed by atoms with E-state index in [0.717, 1.165) is 0 Å². The minimum Gasteiger partial charge on any atom is -0.496 e. The second-order valence-electron chi connectivity index (χ2n) is 5.26. The van der Waals surface area contributed by atoms with Crippen molar-refractivity contribution in [3.63, 3.8) is 0 Å². The van der Waals surface area contributed by atoms with Crippen LogP contribution in [0.1, 0.15) is 21.7 Å². The van der Waals surface area contributed by atoms with Crippen molar-refractivity contribution in [2.75, 3.05) is 27.9 Å². The maximum atomic E-state index is 11.9. The summed E-state index contributed by atoms with van der Waals surface area (Å²) in [5, 5.41) is 2.66. The topological polar surface area (TPSA) is 96.2 Å². The number of carbonyl (C=O) groups excluding carboxylic acids is 2. The highest BCUT2D eigenvalue weighted by atomic mass is 16.5. The van der Waals surface area contributed by atoms with Crippen LogP contribution in [-0.2, 0) is 16.1 Å². The molecule has 1 N–H and O–H groups in total. The molecule has 8 nitrogen and oxygen atoms in total. The minimum atomic E-state index is -0.616. The number of benzene rings is 1. The lowest BCUT2D eigenvalue weighted by Crippen LogP contribution is -2.28. The van der Waals surface area contributed by atoms with Crippen LogP contribution in [0.15, 0.2) is 28.9 Å². The van der Waals surface area contributed by atoms with Gasteiger partial charge in [0.05, 0.1) is 27.6 Å². The summed E-state index contributed by atoms with van der Waals surface area (Å²) in [6, 6.07) is 4.87. The summed E-state index contributed by atoms with van der Waals surface area (Å²) in [7, 11) is 4.56. The fourth-order valence-corrected chi connectivity index (χ4v) is 2.28. The molecule has 1 aromatic carbocycles. The summed E-state index contributed by atoms with van der Waals surface area (Å²) < 4.78 is 25.7. The Morgan fingerprint density at radius 1 is 1.04 bits per heavy atom. The maximum absolute atomic E-state index is 11.9. The van der Waals surface area contributed by atoms with E-state index in [4.69, 9.17) is 23.4 Å². The third-order valence-corrected chi connectivity index (χ3v) is 3.68. The molecule has 0 unspecified atom stereocenters. The van der Waals surface area contributed by atoms with Gasteiger partial charge in [-0.15, -0.1) is 0 Å². The van der Waals surface area contributed by atoms with E-state index in [1.54, 1.807) is 19.1 Å². The quantitative estimate of drug-likeness (QED) is 0.717. The summed E-state index contributed by atoms with van der Waals surface area (Å²) in [5.74, 6) is 0.939. The van der Waals surface area contributed by atoms with Crippen LogP contribution < -0.4 is 19.5 Å². The first kappa shape index (κ1) is 19.2. The van der Waals surface area contributed by atoms with Crippen LogP contribution >= 0.6 is 0 Å². The Balaban J connectivity index is 1.94. The third-order valence-electron chi connectivity index (χ3n) is 3.68. The van der Waals surface area contributed by atoms with Gasteiger partial charge in [-0.3, -0.25) is 4.79 Å². The SMILES string of the molecule is COc1cc(OC)c(OC)cc1CNC(=O)COC(=O)c1ccoc1C. The van der Waals surface area contributed by atoms with E-state index in [1.807, 2.05) is 0 Å². The van der Waals surface area contributed by atoms with Crippen molar-refractivity contribution in [1.82, 2.24) is 5.32 Å². The molecular weight excluding hydrogens is 342 g/mol. The molecule has 8 heteroatoms. The number of ether oxygens (including phenoxy) is 4. The van der Waals surface area contributed by atoms with E-state index in [1.165, 1.54) is 33.7 Å². The van der Waals surface area contributed by atoms with Crippen LogP contribution in [0.5, 0.6) is 17.2 Å². The zero-order valence-electron chi connectivity index (χ0n) is 15.1. The van der Waals surface area contributed by atoms with Crippen LogP contribution in [0, 0.1) is 6.92 Å². The zero-order chi connectivity index (χ0) is 19.1. The molecular formula is C18H21NO7. The van der Waals surface area contributed by atoms with Crippen LogP contribution in [0.2, 0.25) is 0 Å². The fourth-order valence-electron chi connectivity index (χ4n) is 2.28. The van der Waals surface area contributed by atoms with Gasteiger partial charge in [0, 0.05) is 18.2 Å². The van der Waals surface area contributed by atoms with Gasteiger partial charge in [0.2, 0.25) is 0 Å². The van der Waals surface area contributed by atoms with Crippen molar-refractivity contribution in [3.05, 3.63) is 41.3 Å². The number of hydrogen-bond donors (Lipinski definition) is 1. The first-order valence-corrected chi connectivity index (χ1v) is 7.77. The molecule has 0 aliphatic carbocycles. The highest BCUT2D eigenvalue weighted by Crippen LogP contribution is 2.34. The summed E-state index contributed by atoms with van der Waals surface area (Å²) in [4.78, 5) is 23.8. The number of rotatable bonds is 8. The molecule has 1 aromatic heterocycles. The van der Waals surface area contributed by atoms with Gasteiger partial charge >= 0.3 is 5.97 Å². The Morgan fingerprint density at radius 3 is 2.27 bits per heavy atom. The number of methoxy groups -OCH3 is 3. The Bertz CT molecular complexity index is 782. The second kappa shape index (κ2) is 8.80. The standard InChI is InChI=1S/C18H21NO7/c1-11-13(5-6-25-11)18(21)26-10-17(20)19-9-12-7-15(23-3)16(24-4)8-14(12)22-2/h5-8H,9-10H2,1-4H3,(H,19,20). The number of aryl methyl sites for hydroxylation is 1. The first-order valence-electron chi connectivity index (χ1n) is 7.77. The molecule has 0 fully saturated rings. The van der Waals surface area contributed by atoms with E-state index in [-0.39, 0.29) is 6.54 Å². The number of furan rings is 1. The zero-order valence-corrected chi connectivity index (χ0v) is 15.1. The molecule has 0 bridgehead atoms. The highest BCUT2D eigenvalue weighted by molar-refractivity contribution is 5.92. The number of hydrogen-bond acceptors (Lipinski definition) is 7. The van der Waals surface area contributed by atoms with Crippen LogP contribution in [0.25, 0.3) is 0 Å². The maximum Gasteiger partial charge on any atom is 0.342 e. The lowest BCUT2D eigenvalue weighted by molar-refractivity contribution is -0.124. The Morgan fingerprint density at radius 2 is 1.69 bits per heavy atom. The lowest BCUT2D eigenvalue weighted by atomic mass is 10.1. The van der Waals surface area contributed by atoms with Gasteiger partial charge in [-0.05, 0) is 19.1 Å². The predicted molar refractivity (Wildman–Crippen MR) is 91.7 cm³/mol. The van der Waals surface area contributed by atoms with Crippen molar-refractivity contribution in [3.8, 4) is 17.2 Å². The van der Waals surface area contributed by atoms with Gasteiger partial charge in [0.25, 0.3) is 5.91 Å². The van der Waals surface area contributed by atoms with E-state index in [2.05, 4.69) is 5.32 Å². The van der Waals surface area contributed by atoms with E-state index in [0.29, 0.717) is 34.1 Å². The monoisotopic (exact) mass is 363 g/mol. The van der Waals surface area contributed by atoms with Gasteiger partial charge in [-0.1, -0.05) is 0 Å². The van der Waals surface area contributed by atoms with Crippen LogP contribution in [-0.4, -0.2) is 39.8 Å². The first-order chi connectivity index (χ1) is 12.5. The average Bonchev–Trinajstić information content (AvgIpc) is 3.09. The van der Waals surface area contributed by atoms with E-state index < -0.39 is 18.5 Å². The Labute approximate surface area is 151 Å². The molecule has 26 heavy (non-hydrogen) atoms. The molecule has 140 valence electrons. The summed E-state index contributed by atoms with van der Waals surface area (Å²) in [6.45, 7) is 1.41. The molecule has 0 saturated carbocycles. The normalized spacial score (nSPS) is 10.2. The molecule has 0 radical (unpaired) electrons. The number of carbonyl (C=O) groups is 2. The van der Waals surface area contributed by atoms with Crippen molar-refractivity contribution in [1.29, 1.82) is 0 Å². The lowest BCUT2D eigenvalue weighted by Gasteiger charge is -2.14. The fraction of sp³-hybridized carbons (Fsp3) is 0.333. The van der Waals surface area contributed by atoms with Gasteiger partial charge < -0.3 is 28.7 Å². The van der Waals surface area contributed by atoms with E-state index in [9.17, 15) is 9.59 Å². The molecule has 0 spiro atoms. The van der Waals surface area contributed by atoms with Crippen LogP contribution in [0.4, 0.5) is 0 Å². The van der Waals surface area contributed by atoms with Crippen molar-refractivity contribution in [2.24, 2.45) is 0 Å². The number of nitrogens with one attached hydrogen (secondary N) is 1. The number of amides is 1. The molecule has 0 saturated heterocycles. The van der Waals surface area contributed by atoms with Crippen molar-refractivity contribution < 1.29 is 33.0 Å². The largest absolute Gasteiger partial charge is 0.496 e. The van der Waals surface area contributed by atoms with E-state index >= 15 is 0 Å². The molecule has 1 amide bonds. The number of esters is 1. The summed E-state index contributed by atoms with van der Waals surface area (Å²) in [6.07, 6.45) is 1.38. The summed E-state index contributed by atoms with van der Waals surface area (Å²) in [5.41, 5.74) is 0.981. The Hall–Kier alpha value is -3.16. The molecule has 0 atom stereocenters. The average molecular weight is 363 g/mol. The van der Waals surface area contributed by atoms with Crippen LogP contribution in [0.3, 0.4) is 0 Å². The molecule has 1 heterocycles. The second-order valence-corrected chi connectivity index (χ2v) is 5.26. The molecule has 2 rings (SSSR count). The molecule has 0 aliphatic heterocycles.